The van der Waals surface area contributed by atoms with Gasteiger partial charge < -0.3 is 10.6 Å². The zero-order valence-electron chi connectivity index (χ0n) is 10.7. The Labute approximate surface area is 108 Å². The van der Waals surface area contributed by atoms with Gasteiger partial charge in [0.2, 0.25) is 5.91 Å². The maximum atomic E-state index is 11.9. The molecule has 4 nitrogen and oxygen atoms in total. The van der Waals surface area contributed by atoms with E-state index in [1.54, 1.807) is 30.1 Å². The Hall–Kier alpha value is -1.86. The number of nitrogens with zero attached hydrogens (tertiary/aromatic N) is 2. The second-order valence-corrected chi connectivity index (χ2v) is 4.21. The first kappa shape index (κ1) is 14.2. The summed E-state index contributed by atoms with van der Waals surface area (Å²) in [5, 5.41) is 8.82. The van der Waals surface area contributed by atoms with Crippen LogP contribution in [0, 0.1) is 11.3 Å². The molecule has 0 unspecified atom stereocenters. The van der Waals surface area contributed by atoms with Gasteiger partial charge in [0, 0.05) is 19.2 Å². The fourth-order valence-electron chi connectivity index (χ4n) is 1.69. The molecule has 0 aliphatic carbocycles. The largest absolute Gasteiger partial charge is 0.330 e. The second-order valence-electron chi connectivity index (χ2n) is 4.21. The van der Waals surface area contributed by atoms with E-state index in [4.69, 9.17) is 11.0 Å². The van der Waals surface area contributed by atoms with Gasteiger partial charge in [-0.05, 0) is 37.6 Å². The van der Waals surface area contributed by atoms with E-state index in [2.05, 4.69) is 6.07 Å². The van der Waals surface area contributed by atoms with Crippen molar-refractivity contribution < 1.29 is 4.79 Å². The Morgan fingerprint density at radius 1 is 1.39 bits per heavy atom. The number of rotatable bonds is 6. The number of amides is 1. The lowest BCUT2D eigenvalue weighted by molar-refractivity contribution is -0.118. The van der Waals surface area contributed by atoms with Crippen LogP contribution in [0.25, 0.3) is 0 Å². The van der Waals surface area contributed by atoms with E-state index in [0.717, 1.165) is 24.9 Å². The van der Waals surface area contributed by atoms with Crippen LogP contribution >= 0.6 is 0 Å². The van der Waals surface area contributed by atoms with Gasteiger partial charge in [0.1, 0.15) is 0 Å². The predicted octanol–water partition coefficient (Wildman–Crippen LogP) is 2.04. The first-order valence-corrected chi connectivity index (χ1v) is 6.16. The average Bonchev–Trinajstić information content (AvgIpc) is 2.42. The zero-order chi connectivity index (χ0) is 13.4. The number of carbonyl (C=O) groups is 1. The number of unbranched alkanes of at least 4 members (excludes halogenated alkanes) is 2. The van der Waals surface area contributed by atoms with Crippen LogP contribution in [-0.2, 0) is 4.79 Å². The highest BCUT2D eigenvalue weighted by Crippen LogP contribution is 2.16. The van der Waals surface area contributed by atoms with Gasteiger partial charge in [-0.2, -0.15) is 5.26 Å². The Bertz CT molecular complexity index is 437. The van der Waals surface area contributed by atoms with Crippen LogP contribution in [0.15, 0.2) is 24.3 Å². The van der Waals surface area contributed by atoms with Gasteiger partial charge in [0.05, 0.1) is 11.6 Å². The maximum absolute atomic E-state index is 11.9. The number of nitriles is 1. The predicted molar refractivity (Wildman–Crippen MR) is 72.1 cm³/mol. The molecule has 0 aliphatic heterocycles. The summed E-state index contributed by atoms with van der Waals surface area (Å²) in [6.45, 7) is 0.675. The minimum atomic E-state index is 0.0714. The molecule has 0 saturated carbocycles. The number of benzene rings is 1. The number of nitrogens with two attached hydrogens (primary N) is 1. The smallest absolute Gasteiger partial charge is 0.226 e. The topological polar surface area (TPSA) is 70.1 Å². The number of carbonyl (C=O) groups excluding carboxylic acids is 1. The highest BCUT2D eigenvalue weighted by Gasteiger charge is 2.10. The van der Waals surface area contributed by atoms with E-state index >= 15 is 0 Å². The van der Waals surface area contributed by atoms with Crippen molar-refractivity contribution in [1.29, 1.82) is 5.26 Å². The summed E-state index contributed by atoms with van der Waals surface area (Å²) in [7, 11) is 1.74. The fourth-order valence-corrected chi connectivity index (χ4v) is 1.69. The highest BCUT2D eigenvalue weighted by atomic mass is 16.2. The third kappa shape index (κ3) is 4.19. The molecular formula is C14H19N3O. The van der Waals surface area contributed by atoms with Crippen LogP contribution in [0.2, 0.25) is 0 Å². The van der Waals surface area contributed by atoms with E-state index in [-0.39, 0.29) is 5.91 Å². The fraction of sp³-hybridized carbons (Fsp3) is 0.429. The van der Waals surface area contributed by atoms with Crippen LogP contribution in [-0.4, -0.2) is 19.5 Å². The van der Waals surface area contributed by atoms with Gasteiger partial charge in [-0.15, -0.1) is 0 Å². The minimum absolute atomic E-state index is 0.0714. The third-order valence-corrected chi connectivity index (χ3v) is 2.83. The molecule has 0 aliphatic rings. The monoisotopic (exact) mass is 245 g/mol. The third-order valence-electron chi connectivity index (χ3n) is 2.83. The van der Waals surface area contributed by atoms with Crippen molar-refractivity contribution in [2.75, 3.05) is 18.5 Å². The molecule has 1 amide bonds. The van der Waals surface area contributed by atoms with Crippen molar-refractivity contribution in [3.05, 3.63) is 29.8 Å². The van der Waals surface area contributed by atoms with Gasteiger partial charge in [-0.1, -0.05) is 12.5 Å². The summed E-state index contributed by atoms with van der Waals surface area (Å²) >= 11 is 0. The summed E-state index contributed by atoms with van der Waals surface area (Å²) in [6.07, 6.45) is 3.32. The van der Waals surface area contributed by atoms with E-state index in [0.29, 0.717) is 18.5 Å². The first-order chi connectivity index (χ1) is 8.69. The van der Waals surface area contributed by atoms with Gasteiger partial charge in [0.15, 0.2) is 0 Å². The highest BCUT2D eigenvalue weighted by molar-refractivity contribution is 5.92. The van der Waals surface area contributed by atoms with Gasteiger partial charge in [-0.3, -0.25) is 4.79 Å². The molecule has 0 heterocycles. The molecule has 1 rings (SSSR count). The summed E-state index contributed by atoms with van der Waals surface area (Å²) in [5.41, 5.74) is 6.73. The molecule has 0 radical (unpaired) electrons. The van der Waals surface area contributed by atoms with Crippen molar-refractivity contribution >= 4 is 11.6 Å². The Balaban J connectivity index is 2.55. The van der Waals surface area contributed by atoms with Crippen LogP contribution in [0.1, 0.15) is 31.2 Å². The molecule has 0 aromatic heterocycles. The molecular weight excluding hydrogens is 226 g/mol. The molecule has 4 heteroatoms. The molecule has 96 valence electrons. The summed E-state index contributed by atoms with van der Waals surface area (Å²) in [5.74, 6) is 0.0714. The second kappa shape index (κ2) is 7.46. The molecule has 1 aromatic rings. The van der Waals surface area contributed by atoms with E-state index < -0.39 is 0 Å². The average molecular weight is 245 g/mol. The molecule has 0 fully saturated rings. The Morgan fingerprint density at radius 2 is 2.17 bits per heavy atom. The molecule has 18 heavy (non-hydrogen) atoms. The van der Waals surface area contributed by atoms with Crippen molar-refractivity contribution in [3.63, 3.8) is 0 Å². The van der Waals surface area contributed by atoms with Gasteiger partial charge in [0.25, 0.3) is 0 Å². The van der Waals surface area contributed by atoms with E-state index in [9.17, 15) is 4.79 Å². The molecule has 0 spiro atoms. The van der Waals surface area contributed by atoms with Crippen molar-refractivity contribution in [3.8, 4) is 6.07 Å². The van der Waals surface area contributed by atoms with Crippen molar-refractivity contribution in [2.24, 2.45) is 5.73 Å². The van der Waals surface area contributed by atoms with Gasteiger partial charge in [-0.25, -0.2) is 0 Å². The molecule has 0 atom stereocenters. The number of anilines is 1. The number of hydrogen-bond donors (Lipinski definition) is 1. The summed E-state index contributed by atoms with van der Waals surface area (Å²) in [4.78, 5) is 13.5. The molecule has 0 saturated heterocycles. The summed E-state index contributed by atoms with van der Waals surface area (Å²) in [6, 6.07) is 9.13. The van der Waals surface area contributed by atoms with Crippen LogP contribution in [0.5, 0.6) is 0 Å². The maximum Gasteiger partial charge on any atom is 0.226 e. The SMILES string of the molecule is CN(C(=O)CCCCCN)c1cccc(C#N)c1. The van der Waals surface area contributed by atoms with Crippen LogP contribution in [0.3, 0.4) is 0 Å². The molecule has 1 aromatic carbocycles. The van der Waals surface area contributed by atoms with E-state index in [1.807, 2.05) is 6.07 Å². The lowest BCUT2D eigenvalue weighted by atomic mass is 10.1. The van der Waals surface area contributed by atoms with Gasteiger partial charge >= 0.3 is 0 Å². The van der Waals surface area contributed by atoms with Crippen LogP contribution < -0.4 is 10.6 Å². The summed E-state index contributed by atoms with van der Waals surface area (Å²) < 4.78 is 0. The standard InChI is InChI=1S/C14H19N3O/c1-17(14(18)8-3-2-4-9-15)13-7-5-6-12(10-13)11-16/h5-7,10H,2-4,8-9,15H2,1H3. The van der Waals surface area contributed by atoms with E-state index in [1.165, 1.54) is 0 Å². The van der Waals surface area contributed by atoms with Crippen LogP contribution in [0.4, 0.5) is 5.69 Å². The first-order valence-electron chi connectivity index (χ1n) is 6.16. The quantitative estimate of drug-likeness (QED) is 0.780. The molecule has 2 N–H and O–H groups in total. The zero-order valence-corrected chi connectivity index (χ0v) is 10.7. The van der Waals surface area contributed by atoms with Crippen molar-refractivity contribution in [2.45, 2.75) is 25.7 Å². The normalized spacial score (nSPS) is 9.83. The molecule has 0 bridgehead atoms. The Morgan fingerprint density at radius 3 is 2.83 bits per heavy atom. The lowest BCUT2D eigenvalue weighted by Gasteiger charge is -2.17. The Kier molecular flexibility index (Phi) is 5.89. The number of hydrogen-bond acceptors (Lipinski definition) is 3. The van der Waals surface area contributed by atoms with Crippen molar-refractivity contribution in [1.82, 2.24) is 0 Å². The minimum Gasteiger partial charge on any atom is -0.330 e. The lowest BCUT2D eigenvalue weighted by Crippen LogP contribution is -2.25.